The zero-order chi connectivity index (χ0) is 24.5. The average molecular weight is 503 g/mol. The van der Waals surface area contributed by atoms with Gasteiger partial charge in [-0.3, -0.25) is 19.8 Å². The first kappa shape index (κ1) is 23.9. The number of hydrogen-bond donors (Lipinski definition) is 3. The van der Waals surface area contributed by atoms with Gasteiger partial charge in [0.15, 0.2) is 0 Å². The average Bonchev–Trinajstić information content (AvgIpc) is 3.28. The Labute approximate surface area is 205 Å². The molecular weight excluding hydrogens is 477 g/mol. The fourth-order valence-electron chi connectivity index (χ4n) is 4.82. The number of halogens is 3. The number of carbonyl (C=O) groups is 2. The van der Waals surface area contributed by atoms with Gasteiger partial charge in [-0.2, -0.15) is 0 Å². The number of rotatable bonds is 5. The predicted octanol–water partition coefficient (Wildman–Crippen LogP) is 2.96. The fourth-order valence-corrected chi connectivity index (χ4v) is 5.96. The molecule has 0 saturated carbocycles. The van der Waals surface area contributed by atoms with Gasteiger partial charge >= 0.3 is 0 Å². The molecule has 2 aromatic carbocycles. The summed E-state index contributed by atoms with van der Waals surface area (Å²) in [6.07, 6.45) is 0.727. The van der Waals surface area contributed by atoms with Crippen LogP contribution in [0, 0.1) is 23.4 Å². The smallest absolute Gasteiger partial charge is 0.237 e. The minimum atomic E-state index is -0.689. The molecule has 3 aliphatic rings. The number of piperidine rings is 1. The lowest BCUT2D eigenvalue weighted by molar-refractivity contribution is -0.129. The molecule has 3 N–H and O–H groups in total. The van der Waals surface area contributed by atoms with E-state index in [0.717, 1.165) is 17.7 Å². The van der Waals surface area contributed by atoms with E-state index in [9.17, 15) is 22.8 Å². The zero-order valence-corrected chi connectivity index (χ0v) is 19.6. The molecule has 2 amide bonds. The van der Waals surface area contributed by atoms with E-state index in [2.05, 4.69) is 20.9 Å². The van der Waals surface area contributed by atoms with Crippen molar-refractivity contribution in [2.75, 3.05) is 13.1 Å². The molecule has 2 saturated heterocycles. The summed E-state index contributed by atoms with van der Waals surface area (Å²) in [5.41, 5.74) is 1.48. The fraction of sp³-hybridized carbons (Fsp3) is 0.360. The van der Waals surface area contributed by atoms with E-state index in [1.54, 1.807) is 18.2 Å². The van der Waals surface area contributed by atoms with Gasteiger partial charge in [-0.25, -0.2) is 13.2 Å². The zero-order valence-electron chi connectivity index (χ0n) is 18.8. The van der Waals surface area contributed by atoms with Gasteiger partial charge in [0.1, 0.15) is 29.0 Å². The van der Waals surface area contributed by atoms with Crippen LogP contribution in [0.1, 0.15) is 24.0 Å². The summed E-state index contributed by atoms with van der Waals surface area (Å²) in [5.74, 6) is -2.19. The third-order valence-corrected chi connectivity index (χ3v) is 7.94. The standard InChI is InChI=1S/C25H25F3N4O2S/c26-16-6-5-15(20(28)11-16)12-29-23(33)14-7-9-32(10-8-14)25-30-21-18(13-35-22(21)24(34)31-25)17-3-1-2-4-19(17)27/h1-6,11,13-14,21-22,25,30H,7-10,12H2,(H,29,33)(H,31,34). The van der Waals surface area contributed by atoms with Crippen molar-refractivity contribution in [3.8, 4) is 0 Å². The van der Waals surface area contributed by atoms with E-state index in [-0.39, 0.29) is 46.9 Å². The lowest BCUT2D eigenvalue weighted by Gasteiger charge is -2.43. The van der Waals surface area contributed by atoms with Gasteiger partial charge < -0.3 is 10.6 Å². The number of benzene rings is 2. The molecular formula is C25H25F3N4O2S. The summed E-state index contributed by atoms with van der Waals surface area (Å²) < 4.78 is 41.3. The van der Waals surface area contributed by atoms with Crippen LogP contribution in [0.3, 0.4) is 0 Å². The van der Waals surface area contributed by atoms with Crippen LogP contribution in [0.5, 0.6) is 0 Å². The highest BCUT2D eigenvalue weighted by Crippen LogP contribution is 2.39. The van der Waals surface area contributed by atoms with Crippen LogP contribution in [0.2, 0.25) is 0 Å². The SMILES string of the molecule is O=C(NCc1ccc(F)cc1F)C1CCN(C2NC(=O)C3SC=C(c4ccccc4F)C3N2)CC1. The van der Waals surface area contributed by atoms with Crippen molar-refractivity contribution in [2.24, 2.45) is 5.92 Å². The molecule has 6 nitrogen and oxygen atoms in total. The van der Waals surface area contributed by atoms with Gasteiger partial charge in [0.05, 0.1) is 6.04 Å². The molecule has 0 aliphatic carbocycles. The first-order chi connectivity index (χ1) is 16.9. The minimum absolute atomic E-state index is 0.00269. The lowest BCUT2D eigenvalue weighted by Crippen LogP contribution is -2.68. The second kappa shape index (κ2) is 10.0. The summed E-state index contributed by atoms with van der Waals surface area (Å²) in [4.78, 5) is 27.5. The Morgan fingerprint density at radius 3 is 2.60 bits per heavy atom. The van der Waals surface area contributed by atoms with Crippen LogP contribution in [-0.4, -0.2) is 47.4 Å². The summed E-state index contributed by atoms with van der Waals surface area (Å²) in [5, 5.41) is 10.7. The molecule has 184 valence electrons. The maximum Gasteiger partial charge on any atom is 0.237 e. The predicted molar refractivity (Wildman–Crippen MR) is 127 cm³/mol. The summed E-state index contributed by atoms with van der Waals surface area (Å²) >= 11 is 1.38. The van der Waals surface area contributed by atoms with Crippen LogP contribution in [-0.2, 0) is 16.1 Å². The number of nitrogens with one attached hydrogen (secondary N) is 3. The third kappa shape index (κ3) is 4.96. The molecule has 0 spiro atoms. The molecule has 0 radical (unpaired) electrons. The van der Waals surface area contributed by atoms with E-state index in [0.29, 0.717) is 31.5 Å². The van der Waals surface area contributed by atoms with E-state index >= 15 is 0 Å². The van der Waals surface area contributed by atoms with Crippen molar-refractivity contribution >= 4 is 29.1 Å². The molecule has 3 heterocycles. The quantitative estimate of drug-likeness (QED) is 0.587. The largest absolute Gasteiger partial charge is 0.352 e. The van der Waals surface area contributed by atoms with Crippen LogP contribution in [0.25, 0.3) is 5.57 Å². The monoisotopic (exact) mass is 502 g/mol. The van der Waals surface area contributed by atoms with Crippen LogP contribution >= 0.6 is 11.8 Å². The maximum absolute atomic E-state index is 14.4. The number of carbonyl (C=O) groups excluding carboxylic acids is 2. The number of hydrogen-bond acceptors (Lipinski definition) is 5. The van der Waals surface area contributed by atoms with Gasteiger partial charge in [0.25, 0.3) is 0 Å². The Hall–Kier alpha value is -2.82. The van der Waals surface area contributed by atoms with Crippen molar-refractivity contribution in [1.82, 2.24) is 20.9 Å². The molecule has 2 fully saturated rings. The Morgan fingerprint density at radius 1 is 1.09 bits per heavy atom. The highest BCUT2D eigenvalue weighted by Gasteiger charge is 2.44. The lowest BCUT2D eigenvalue weighted by atomic mass is 9.94. The second-order valence-corrected chi connectivity index (χ2v) is 9.94. The van der Waals surface area contributed by atoms with E-state index in [4.69, 9.17) is 0 Å². The maximum atomic E-state index is 14.4. The number of nitrogens with zero attached hydrogens (tertiary/aromatic N) is 1. The highest BCUT2D eigenvalue weighted by molar-refractivity contribution is 8.04. The first-order valence-corrected chi connectivity index (χ1v) is 12.5. The molecule has 3 aliphatic heterocycles. The molecule has 2 aromatic rings. The Bertz CT molecular complexity index is 1170. The van der Waals surface area contributed by atoms with E-state index in [1.165, 1.54) is 23.9 Å². The normalized spacial score (nSPS) is 25.1. The van der Waals surface area contributed by atoms with Crippen molar-refractivity contribution in [1.29, 1.82) is 0 Å². The minimum Gasteiger partial charge on any atom is -0.352 e. The van der Waals surface area contributed by atoms with Gasteiger partial charge in [-0.1, -0.05) is 24.3 Å². The molecule has 0 aromatic heterocycles. The molecule has 5 rings (SSSR count). The van der Waals surface area contributed by atoms with Crippen LogP contribution in [0.4, 0.5) is 13.2 Å². The van der Waals surface area contributed by atoms with E-state index < -0.39 is 17.9 Å². The highest BCUT2D eigenvalue weighted by atomic mass is 32.2. The molecule has 10 heteroatoms. The molecule has 3 atom stereocenters. The Morgan fingerprint density at radius 2 is 1.86 bits per heavy atom. The van der Waals surface area contributed by atoms with Crippen molar-refractivity contribution < 1.29 is 22.8 Å². The van der Waals surface area contributed by atoms with Gasteiger partial charge in [-0.15, -0.1) is 11.8 Å². The number of fused-ring (bicyclic) bond motifs is 1. The van der Waals surface area contributed by atoms with Gasteiger partial charge in [0, 0.05) is 42.7 Å². The Kier molecular flexibility index (Phi) is 6.86. The number of amides is 2. The molecule has 35 heavy (non-hydrogen) atoms. The Balaban J connectivity index is 1.17. The van der Waals surface area contributed by atoms with Crippen molar-refractivity contribution in [2.45, 2.75) is 37.0 Å². The topological polar surface area (TPSA) is 73.5 Å². The number of thioether (sulfide) groups is 1. The van der Waals surface area contributed by atoms with Crippen molar-refractivity contribution in [3.63, 3.8) is 0 Å². The first-order valence-electron chi connectivity index (χ1n) is 11.5. The second-order valence-electron chi connectivity index (χ2n) is 8.93. The van der Waals surface area contributed by atoms with Crippen LogP contribution in [0.15, 0.2) is 47.9 Å². The third-order valence-electron chi connectivity index (χ3n) is 6.77. The van der Waals surface area contributed by atoms with Crippen LogP contribution < -0.4 is 16.0 Å². The molecule has 3 unspecified atom stereocenters. The van der Waals surface area contributed by atoms with Gasteiger partial charge in [0.2, 0.25) is 11.8 Å². The van der Waals surface area contributed by atoms with E-state index in [1.807, 2.05) is 5.41 Å². The summed E-state index contributed by atoms with van der Waals surface area (Å²) in [6.45, 7) is 1.14. The van der Waals surface area contributed by atoms with Gasteiger partial charge in [-0.05, 0) is 36.0 Å². The van der Waals surface area contributed by atoms with Crippen molar-refractivity contribution in [3.05, 3.63) is 76.5 Å². The number of likely N-dealkylation sites (tertiary alicyclic amines) is 1. The summed E-state index contributed by atoms with van der Waals surface area (Å²) in [7, 11) is 0. The molecule has 0 bridgehead atoms. The summed E-state index contributed by atoms with van der Waals surface area (Å²) in [6, 6.07) is 9.51.